The first kappa shape index (κ1) is 16.1. The fourth-order valence-corrected chi connectivity index (χ4v) is 3.96. The molecule has 1 heterocycles. The molecule has 3 aromatic carbocycles. The highest BCUT2D eigenvalue weighted by Crippen LogP contribution is 2.37. The summed E-state index contributed by atoms with van der Waals surface area (Å²) in [5.41, 5.74) is 3.31. The summed E-state index contributed by atoms with van der Waals surface area (Å²) in [6, 6.07) is 23.8. The molecule has 3 nitrogen and oxygen atoms in total. The summed E-state index contributed by atoms with van der Waals surface area (Å²) in [7, 11) is 2.01. The van der Waals surface area contributed by atoms with E-state index in [1.54, 1.807) is 0 Å². The Morgan fingerprint density at radius 3 is 2.20 bits per heavy atom. The van der Waals surface area contributed by atoms with Crippen LogP contribution in [-0.4, -0.2) is 20.1 Å². The zero-order chi connectivity index (χ0) is 17.1. The van der Waals surface area contributed by atoms with Gasteiger partial charge in [0.05, 0.1) is 0 Å². The van der Waals surface area contributed by atoms with Crippen LogP contribution >= 0.6 is 0 Å². The monoisotopic (exact) mass is 331 g/mol. The SMILES string of the molecule is CNc1c(C2(c3ccccc3)NCCCCN2)ccc2ccccc12. The van der Waals surface area contributed by atoms with Crippen molar-refractivity contribution in [3.63, 3.8) is 0 Å². The quantitative estimate of drug-likeness (QED) is 0.677. The van der Waals surface area contributed by atoms with Crippen LogP contribution in [0.15, 0.2) is 66.7 Å². The van der Waals surface area contributed by atoms with Crippen LogP contribution in [0.2, 0.25) is 0 Å². The molecule has 3 N–H and O–H groups in total. The molecule has 0 radical (unpaired) electrons. The van der Waals surface area contributed by atoms with Gasteiger partial charge in [0.2, 0.25) is 0 Å². The molecule has 3 heteroatoms. The Hall–Kier alpha value is -2.36. The van der Waals surface area contributed by atoms with Gasteiger partial charge in [-0.25, -0.2) is 0 Å². The summed E-state index contributed by atoms with van der Waals surface area (Å²) in [5.74, 6) is 0. The summed E-state index contributed by atoms with van der Waals surface area (Å²) in [6.07, 6.45) is 2.37. The van der Waals surface area contributed by atoms with Gasteiger partial charge in [-0.05, 0) is 36.9 Å². The molecule has 25 heavy (non-hydrogen) atoms. The fraction of sp³-hybridized carbons (Fsp3) is 0.273. The molecule has 1 saturated heterocycles. The lowest BCUT2D eigenvalue weighted by Gasteiger charge is -2.37. The third-order valence-electron chi connectivity index (χ3n) is 5.17. The number of hydrogen-bond acceptors (Lipinski definition) is 3. The van der Waals surface area contributed by atoms with E-state index < -0.39 is 0 Å². The standard InChI is InChI=1S/C22H25N3/c1-23-21-19-12-6-5-9-17(19)13-14-20(21)22(18-10-3-2-4-11-18)24-15-7-8-16-25-22/h2-6,9-14,23-25H,7-8,15-16H2,1H3. The van der Waals surface area contributed by atoms with Gasteiger partial charge in [-0.2, -0.15) is 0 Å². The van der Waals surface area contributed by atoms with Crippen LogP contribution in [-0.2, 0) is 5.66 Å². The zero-order valence-electron chi connectivity index (χ0n) is 14.7. The molecule has 0 bridgehead atoms. The Kier molecular flexibility index (Phi) is 4.43. The smallest absolute Gasteiger partial charge is 0.123 e. The van der Waals surface area contributed by atoms with Crippen molar-refractivity contribution in [3.05, 3.63) is 77.9 Å². The highest BCUT2D eigenvalue weighted by Gasteiger charge is 2.36. The molecule has 1 aliphatic heterocycles. The van der Waals surface area contributed by atoms with E-state index in [1.807, 2.05) is 7.05 Å². The Bertz CT molecular complexity index is 850. The maximum atomic E-state index is 3.82. The third kappa shape index (κ3) is 2.80. The summed E-state index contributed by atoms with van der Waals surface area (Å²) < 4.78 is 0. The van der Waals surface area contributed by atoms with Gasteiger partial charge in [-0.15, -0.1) is 0 Å². The van der Waals surface area contributed by atoms with Gasteiger partial charge in [-0.3, -0.25) is 10.6 Å². The number of hydrogen-bond donors (Lipinski definition) is 3. The fourth-order valence-electron chi connectivity index (χ4n) is 3.96. The van der Waals surface area contributed by atoms with E-state index in [0.717, 1.165) is 13.1 Å². The number of rotatable bonds is 3. The normalized spacial score (nSPS) is 17.2. The van der Waals surface area contributed by atoms with Crippen molar-refractivity contribution in [2.75, 3.05) is 25.5 Å². The van der Waals surface area contributed by atoms with Crippen molar-refractivity contribution in [1.82, 2.24) is 10.6 Å². The van der Waals surface area contributed by atoms with E-state index in [9.17, 15) is 0 Å². The van der Waals surface area contributed by atoms with Crippen LogP contribution in [0.4, 0.5) is 5.69 Å². The molecule has 0 atom stereocenters. The number of benzene rings is 3. The third-order valence-corrected chi connectivity index (χ3v) is 5.17. The van der Waals surface area contributed by atoms with Crippen LogP contribution in [0.5, 0.6) is 0 Å². The van der Waals surface area contributed by atoms with E-state index in [2.05, 4.69) is 82.7 Å². The van der Waals surface area contributed by atoms with Crippen LogP contribution in [0.25, 0.3) is 10.8 Å². The topological polar surface area (TPSA) is 36.1 Å². The van der Waals surface area contributed by atoms with Crippen molar-refractivity contribution in [2.24, 2.45) is 0 Å². The summed E-state index contributed by atoms with van der Waals surface area (Å²) in [4.78, 5) is 0. The first-order valence-corrected chi connectivity index (χ1v) is 9.11. The average molecular weight is 331 g/mol. The first-order chi connectivity index (χ1) is 12.3. The lowest BCUT2D eigenvalue weighted by molar-refractivity contribution is 0.349. The summed E-state index contributed by atoms with van der Waals surface area (Å²) in [5, 5.41) is 13.6. The summed E-state index contributed by atoms with van der Waals surface area (Å²) in [6.45, 7) is 2.00. The van der Waals surface area contributed by atoms with E-state index in [1.165, 1.54) is 40.4 Å². The number of nitrogens with one attached hydrogen (secondary N) is 3. The van der Waals surface area contributed by atoms with E-state index in [-0.39, 0.29) is 5.66 Å². The average Bonchev–Trinajstić information content (AvgIpc) is 2.94. The van der Waals surface area contributed by atoms with Gasteiger partial charge in [0.15, 0.2) is 0 Å². The van der Waals surface area contributed by atoms with Crippen molar-refractivity contribution in [2.45, 2.75) is 18.5 Å². The molecule has 0 aliphatic carbocycles. The van der Waals surface area contributed by atoms with Crippen LogP contribution in [0, 0.1) is 0 Å². The highest BCUT2D eigenvalue weighted by molar-refractivity contribution is 5.96. The molecule has 128 valence electrons. The van der Waals surface area contributed by atoms with Crippen LogP contribution in [0.1, 0.15) is 24.0 Å². The molecule has 0 unspecified atom stereocenters. The molecule has 3 aromatic rings. The zero-order valence-corrected chi connectivity index (χ0v) is 14.7. The maximum Gasteiger partial charge on any atom is 0.123 e. The second-order valence-corrected chi connectivity index (χ2v) is 6.64. The van der Waals surface area contributed by atoms with E-state index >= 15 is 0 Å². The minimum Gasteiger partial charge on any atom is -0.387 e. The van der Waals surface area contributed by atoms with Crippen molar-refractivity contribution < 1.29 is 0 Å². The highest BCUT2D eigenvalue weighted by atomic mass is 15.2. The van der Waals surface area contributed by atoms with Crippen molar-refractivity contribution in [1.29, 1.82) is 0 Å². The molecule has 0 spiro atoms. The summed E-state index contributed by atoms with van der Waals surface area (Å²) >= 11 is 0. The molecule has 1 fully saturated rings. The van der Waals surface area contributed by atoms with E-state index in [4.69, 9.17) is 0 Å². The van der Waals surface area contributed by atoms with Gasteiger partial charge < -0.3 is 5.32 Å². The number of fused-ring (bicyclic) bond motifs is 1. The largest absolute Gasteiger partial charge is 0.387 e. The lowest BCUT2D eigenvalue weighted by atomic mass is 9.87. The van der Waals surface area contributed by atoms with Gasteiger partial charge in [0.25, 0.3) is 0 Å². The molecular weight excluding hydrogens is 306 g/mol. The van der Waals surface area contributed by atoms with Crippen LogP contribution in [0.3, 0.4) is 0 Å². The second-order valence-electron chi connectivity index (χ2n) is 6.64. The molecular formula is C22H25N3. The minimum absolute atomic E-state index is 0.375. The van der Waals surface area contributed by atoms with Gasteiger partial charge in [0.1, 0.15) is 5.66 Å². The minimum atomic E-state index is -0.375. The van der Waals surface area contributed by atoms with E-state index in [0.29, 0.717) is 0 Å². The van der Waals surface area contributed by atoms with Crippen molar-refractivity contribution >= 4 is 16.5 Å². The predicted molar refractivity (Wildman–Crippen MR) is 106 cm³/mol. The molecule has 4 rings (SSSR count). The lowest BCUT2D eigenvalue weighted by Crippen LogP contribution is -2.54. The maximum absolute atomic E-state index is 3.82. The molecule has 0 amide bonds. The predicted octanol–water partition coefficient (Wildman–Crippen LogP) is 4.06. The Balaban J connectivity index is 1.98. The number of anilines is 1. The van der Waals surface area contributed by atoms with Crippen molar-refractivity contribution in [3.8, 4) is 0 Å². The Morgan fingerprint density at radius 2 is 1.48 bits per heavy atom. The Labute approximate surface area is 149 Å². The van der Waals surface area contributed by atoms with Gasteiger partial charge in [0, 0.05) is 23.7 Å². The first-order valence-electron chi connectivity index (χ1n) is 9.11. The van der Waals surface area contributed by atoms with Gasteiger partial charge >= 0.3 is 0 Å². The van der Waals surface area contributed by atoms with Crippen LogP contribution < -0.4 is 16.0 Å². The Morgan fingerprint density at radius 1 is 0.800 bits per heavy atom. The molecule has 1 aliphatic rings. The van der Waals surface area contributed by atoms with Gasteiger partial charge in [-0.1, -0.05) is 66.7 Å². The molecule has 0 saturated carbocycles. The molecule has 0 aromatic heterocycles. The second kappa shape index (κ2) is 6.87.